The van der Waals surface area contributed by atoms with Gasteiger partial charge in [0.05, 0.1) is 19.1 Å². The highest BCUT2D eigenvalue weighted by Gasteiger charge is 2.13. The van der Waals surface area contributed by atoms with Gasteiger partial charge in [-0.2, -0.15) is 0 Å². The summed E-state index contributed by atoms with van der Waals surface area (Å²) in [6, 6.07) is 5.83. The van der Waals surface area contributed by atoms with Gasteiger partial charge < -0.3 is 9.84 Å². The van der Waals surface area contributed by atoms with Crippen LogP contribution in [0.3, 0.4) is 0 Å². The van der Waals surface area contributed by atoms with Crippen molar-refractivity contribution in [2.24, 2.45) is 0 Å². The van der Waals surface area contributed by atoms with Gasteiger partial charge in [0, 0.05) is 5.56 Å². The molecule has 1 aromatic carbocycles. The van der Waals surface area contributed by atoms with E-state index in [1.165, 1.54) is 5.56 Å². The molecule has 0 saturated heterocycles. The molecular formula is C12H17ClO2. The SMILES string of the molecule is COc1cc(C(C)C)ccc1C(O)CCl. The molecule has 0 heterocycles. The number of aliphatic hydroxyl groups excluding tert-OH is 1. The first-order valence-corrected chi connectivity index (χ1v) is 5.55. The van der Waals surface area contributed by atoms with E-state index in [2.05, 4.69) is 13.8 Å². The molecule has 1 aromatic rings. The number of ether oxygens (including phenoxy) is 1. The summed E-state index contributed by atoms with van der Waals surface area (Å²) in [5.74, 6) is 1.33. The van der Waals surface area contributed by atoms with Gasteiger partial charge in [0.1, 0.15) is 5.75 Å². The van der Waals surface area contributed by atoms with Crippen molar-refractivity contribution in [3.63, 3.8) is 0 Å². The minimum Gasteiger partial charge on any atom is -0.496 e. The topological polar surface area (TPSA) is 29.5 Å². The largest absolute Gasteiger partial charge is 0.496 e. The average Bonchev–Trinajstić information content (AvgIpc) is 2.27. The second kappa shape index (κ2) is 5.38. The lowest BCUT2D eigenvalue weighted by molar-refractivity contribution is 0.197. The Bertz CT molecular complexity index is 323. The van der Waals surface area contributed by atoms with Crippen LogP contribution in [0.1, 0.15) is 37.0 Å². The summed E-state index contributed by atoms with van der Waals surface area (Å²) in [4.78, 5) is 0. The third-order valence-electron chi connectivity index (χ3n) is 2.43. The highest BCUT2D eigenvalue weighted by Crippen LogP contribution is 2.29. The van der Waals surface area contributed by atoms with E-state index in [9.17, 15) is 5.11 Å². The van der Waals surface area contributed by atoms with Crippen LogP contribution in [0.4, 0.5) is 0 Å². The van der Waals surface area contributed by atoms with Gasteiger partial charge in [-0.05, 0) is 17.5 Å². The van der Waals surface area contributed by atoms with E-state index >= 15 is 0 Å². The van der Waals surface area contributed by atoms with Crippen LogP contribution in [0.2, 0.25) is 0 Å². The zero-order valence-electron chi connectivity index (χ0n) is 9.33. The molecule has 0 amide bonds. The fourth-order valence-electron chi connectivity index (χ4n) is 1.45. The van der Waals surface area contributed by atoms with Gasteiger partial charge in [-0.1, -0.05) is 26.0 Å². The van der Waals surface area contributed by atoms with E-state index < -0.39 is 6.10 Å². The Kier molecular flexibility index (Phi) is 4.43. The van der Waals surface area contributed by atoms with Crippen LogP contribution >= 0.6 is 11.6 Å². The maximum Gasteiger partial charge on any atom is 0.124 e. The summed E-state index contributed by atoms with van der Waals surface area (Å²) in [5, 5.41) is 9.66. The van der Waals surface area contributed by atoms with Gasteiger partial charge >= 0.3 is 0 Å². The second-order valence-corrected chi connectivity index (χ2v) is 4.13. The Hall–Kier alpha value is -0.730. The number of benzene rings is 1. The zero-order chi connectivity index (χ0) is 11.4. The van der Waals surface area contributed by atoms with Gasteiger partial charge in [-0.15, -0.1) is 11.6 Å². The number of methoxy groups -OCH3 is 1. The molecular weight excluding hydrogens is 212 g/mol. The fraction of sp³-hybridized carbons (Fsp3) is 0.500. The predicted octanol–water partition coefficient (Wildman–Crippen LogP) is 3.09. The second-order valence-electron chi connectivity index (χ2n) is 3.83. The van der Waals surface area contributed by atoms with E-state index in [0.29, 0.717) is 11.7 Å². The van der Waals surface area contributed by atoms with Gasteiger partial charge in [0.15, 0.2) is 0 Å². The summed E-state index contributed by atoms with van der Waals surface area (Å²) in [5.41, 5.74) is 1.94. The fourth-order valence-corrected chi connectivity index (χ4v) is 1.61. The third kappa shape index (κ3) is 2.86. The first kappa shape index (κ1) is 12.3. The molecule has 0 fully saturated rings. The lowest BCUT2D eigenvalue weighted by Gasteiger charge is -2.15. The van der Waals surface area contributed by atoms with E-state index in [0.717, 1.165) is 5.56 Å². The van der Waals surface area contributed by atoms with Gasteiger partial charge in [-0.25, -0.2) is 0 Å². The Morgan fingerprint density at radius 2 is 2.07 bits per heavy atom. The lowest BCUT2D eigenvalue weighted by atomic mass is 9.99. The van der Waals surface area contributed by atoms with Crippen LogP contribution in [0.25, 0.3) is 0 Å². The molecule has 0 aliphatic carbocycles. The predicted molar refractivity (Wildman–Crippen MR) is 62.8 cm³/mol. The first-order chi connectivity index (χ1) is 7.10. The third-order valence-corrected chi connectivity index (χ3v) is 2.72. The summed E-state index contributed by atoms with van der Waals surface area (Å²) in [7, 11) is 1.60. The monoisotopic (exact) mass is 228 g/mol. The van der Waals surface area contributed by atoms with Crippen LogP contribution in [0, 0.1) is 0 Å². The van der Waals surface area contributed by atoms with Crippen molar-refractivity contribution in [2.75, 3.05) is 13.0 Å². The Morgan fingerprint density at radius 1 is 1.40 bits per heavy atom. The van der Waals surface area contributed by atoms with Crippen LogP contribution < -0.4 is 4.74 Å². The quantitative estimate of drug-likeness (QED) is 0.803. The molecule has 1 N–H and O–H groups in total. The van der Waals surface area contributed by atoms with E-state index in [-0.39, 0.29) is 5.88 Å². The van der Waals surface area contributed by atoms with Crippen LogP contribution in [0.5, 0.6) is 5.75 Å². The van der Waals surface area contributed by atoms with E-state index in [1.807, 2.05) is 18.2 Å². The summed E-state index contributed by atoms with van der Waals surface area (Å²) < 4.78 is 5.24. The molecule has 0 spiro atoms. The summed E-state index contributed by atoms with van der Waals surface area (Å²) in [6.07, 6.45) is -0.664. The van der Waals surface area contributed by atoms with Crippen molar-refractivity contribution in [1.29, 1.82) is 0 Å². The molecule has 1 atom stereocenters. The number of halogens is 1. The van der Waals surface area contributed by atoms with Crippen LogP contribution in [0.15, 0.2) is 18.2 Å². The highest BCUT2D eigenvalue weighted by atomic mass is 35.5. The molecule has 3 heteroatoms. The van der Waals surface area contributed by atoms with E-state index in [1.54, 1.807) is 7.11 Å². The molecule has 0 radical (unpaired) electrons. The number of hydrogen-bond acceptors (Lipinski definition) is 2. The number of alkyl halides is 1. The van der Waals surface area contributed by atoms with Crippen molar-refractivity contribution in [3.8, 4) is 5.75 Å². The molecule has 15 heavy (non-hydrogen) atoms. The van der Waals surface area contributed by atoms with Crippen molar-refractivity contribution in [2.45, 2.75) is 25.9 Å². The highest BCUT2D eigenvalue weighted by molar-refractivity contribution is 6.18. The smallest absolute Gasteiger partial charge is 0.124 e. The minimum atomic E-state index is -0.664. The van der Waals surface area contributed by atoms with Crippen LogP contribution in [-0.4, -0.2) is 18.1 Å². The van der Waals surface area contributed by atoms with Gasteiger partial charge in [0.2, 0.25) is 0 Å². The molecule has 0 aromatic heterocycles. The molecule has 0 aliphatic heterocycles. The van der Waals surface area contributed by atoms with Gasteiger partial charge in [-0.3, -0.25) is 0 Å². The molecule has 1 rings (SSSR count). The number of aliphatic hydroxyl groups is 1. The van der Waals surface area contributed by atoms with Gasteiger partial charge in [0.25, 0.3) is 0 Å². The minimum absolute atomic E-state index is 0.178. The number of hydrogen-bond donors (Lipinski definition) is 1. The molecule has 2 nitrogen and oxygen atoms in total. The van der Waals surface area contributed by atoms with Crippen molar-refractivity contribution in [3.05, 3.63) is 29.3 Å². The summed E-state index contributed by atoms with van der Waals surface area (Å²) >= 11 is 5.61. The molecule has 0 bridgehead atoms. The van der Waals surface area contributed by atoms with E-state index in [4.69, 9.17) is 16.3 Å². The van der Waals surface area contributed by atoms with Crippen LogP contribution in [-0.2, 0) is 0 Å². The molecule has 0 aliphatic rings. The lowest BCUT2D eigenvalue weighted by Crippen LogP contribution is -2.02. The normalized spacial score (nSPS) is 12.9. The van der Waals surface area contributed by atoms with Crippen molar-refractivity contribution in [1.82, 2.24) is 0 Å². The Morgan fingerprint density at radius 3 is 2.53 bits per heavy atom. The molecule has 84 valence electrons. The maximum absolute atomic E-state index is 9.66. The molecule has 0 saturated carbocycles. The standard InChI is InChI=1S/C12H17ClO2/c1-8(2)9-4-5-10(11(14)7-13)12(6-9)15-3/h4-6,8,11,14H,7H2,1-3H3. The zero-order valence-corrected chi connectivity index (χ0v) is 10.1. The first-order valence-electron chi connectivity index (χ1n) is 5.02. The van der Waals surface area contributed by atoms with Crippen molar-refractivity contribution < 1.29 is 9.84 Å². The average molecular weight is 229 g/mol. The summed E-state index contributed by atoms with van der Waals surface area (Å²) in [6.45, 7) is 4.23. The molecule has 1 unspecified atom stereocenters. The Labute approximate surface area is 95.8 Å². The Balaban J connectivity index is 3.09. The number of rotatable bonds is 4. The van der Waals surface area contributed by atoms with Crippen molar-refractivity contribution >= 4 is 11.6 Å². The maximum atomic E-state index is 9.66.